The van der Waals surface area contributed by atoms with Gasteiger partial charge in [-0.2, -0.15) is 31.6 Å². The monoisotopic (exact) mass is 870 g/mol. The van der Waals surface area contributed by atoms with Crippen LogP contribution < -0.4 is 15.5 Å². The average molecular weight is 871 g/mol. The minimum Gasteiger partial charge on any atom is -0.331 e. The summed E-state index contributed by atoms with van der Waals surface area (Å²) in [7, 11) is 0. The Morgan fingerprint density at radius 1 is 1.03 bits per heavy atom. The Balaban J connectivity index is 0.00000661. The smallest absolute Gasteiger partial charge is 0.331 e. The number of carbonyl (C=O) groups is 4. The maximum Gasteiger partial charge on any atom is 0.419 e. The van der Waals surface area contributed by atoms with Gasteiger partial charge in [0.1, 0.15) is 17.6 Å². The molecule has 2 atom stereocenters. The van der Waals surface area contributed by atoms with Gasteiger partial charge in [0, 0.05) is 37.8 Å². The highest BCUT2D eigenvalue weighted by molar-refractivity contribution is 7.80. The van der Waals surface area contributed by atoms with Gasteiger partial charge in [-0.15, -0.1) is 12.4 Å². The molecule has 1 saturated carbocycles. The van der Waals surface area contributed by atoms with Crippen molar-refractivity contribution < 1.29 is 45.5 Å². The van der Waals surface area contributed by atoms with Gasteiger partial charge in [0.2, 0.25) is 17.7 Å². The number of hydrogen-bond acceptors (Lipinski definition) is 9. The number of piperazine rings is 1. The van der Waals surface area contributed by atoms with E-state index in [2.05, 4.69) is 15.6 Å². The van der Waals surface area contributed by atoms with Crippen LogP contribution >= 0.6 is 24.6 Å². The van der Waals surface area contributed by atoms with Crippen LogP contribution in [-0.2, 0) is 25.4 Å². The number of piperidine rings is 1. The molecule has 2 N–H and O–H groups in total. The highest BCUT2D eigenvalue weighted by Gasteiger charge is 2.53. The van der Waals surface area contributed by atoms with Crippen LogP contribution in [0.5, 0.6) is 0 Å². The number of benzene rings is 1. The van der Waals surface area contributed by atoms with Crippen molar-refractivity contribution in [3.05, 3.63) is 53.3 Å². The zero-order chi connectivity index (χ0) is 42.2. The standard InChI is InChI=1S/C39H44F6N8O4S.ClH/c1-37(2)35(57)52(27-18-29(38(40,41)42)30(19-46)47-20-27)36(58)53(37)26-11-5-23(6-12-26)4-3-15-50-16-17-51(31(21-50)39(43,44)45)22-33(55)48-25-9-7-24(8-10-25)28-13-14-32(54)49-34(28)56;/h7-10,18,20,23,26,28,31H,3-6,11-17,21-22H2,1-2H3,(H,48,55)(H,49,54,56);1H/t23?,26?,28?,31-;/m1./s1. The third-order valence-corrected chi connectivity index (χ3v) is 12.1. The molecule has 0 radical (unpaired) electrons. The molecule has 4 amide bonds. The summed E-state index contributed by atoms with van der Waals surface area (Å²) in [5.41, 5.74) is -2.33. The Bertz CT molecular complexity index is 1970. The van der Waals surface area contributed by atoms with E-state index in [9.17, 15) is 45.5 Å². The molecule has 4 heterocycles. The number of carbonyl (C=O) groups excluding carboxylic acids is 4. The van der Waals surface area contributed by atoms with Crippen LogP contribution in [0.15, 0.2) is 36.5 Å². The van der Waals surface area contributed by atoms with Crippen LogP contribution in [0.25, 0.3) is 0 Å². The molecule has 12 nitrogen and oxygen atoms in total. The van der Waals surface area contributed by atoms with Crippen LogP contribution in [0.4, 0.5) is 37.7 Å². The lowest BCUT2D eigenvalue weighted by Crippen LogP contribution is -2.60. The van der Waals surface area contributed by atoms with Gasteiger partial charge < -0.3 is 15.1 Å². The number of imide groups is 1. The van der Waals surface area contributed by atoms with Crippen molar-refractivity contribution >= 4 is 64.7 Å². The zero-order valence-corrected chi connectivity index (χ0v) is 34.0. The molecule has 3 aliphatic heterocycles. The lowest BCUT2D eigenvalue weighted by atomic mass is 9.82. The van der Waals surface area contributed by atoms with Gasteiger partial charge in [-0.25, -0.2) is 4.98 Å². The summed E-state index contributed by atoms with van der Waals surface area (Å²) >= 11 is 5.67. The third kappa shape index (κ3) is 10.2. The number of nitriles is 1. The van der Waals surface area contributed by atoms with E-state index in [1.165, 1.54) is 6.07 Å². The fourth-order valence-corrected chi connectivity index (χ4v) is 9.17. The number of nitrogens with one attached hydrogen (secondary N) is 2. The quantitative estimate of drug-likeness (QED) is 0.162. The Labute approximate surface area is 349 Å². The Morgan fingerprint density at radius 2 is 1.71 bits per heavy atom. The van der Waals surface area contributed by atoms with Crippen LogP contribution in [-0.4, -0.2) is 105 Å². The lowest BCUT2D eigenvalue weighted by molar-refractivity contribution is -0.197. The maximum absolute atomic E-state index is 14.3. The molecule has 1 unspecified atom stereocenters. The molecule has 4 aliphatic rings. The molecule has 4 fully saturated rings. The first kappa shape index (κ1) is 45.7. The van der Waals surface area contributed by atoms with E-state index in [1.807, 2.05) is 0 Å². The van der Waals surface area contributed by atoms with Gasteiger partial charge in [-0.05, 0) is 107 Å². The van der Waals surface area contributed by atoms with E-state index >= 15 is 0 Å². The maximum atomic E-state index is 14.3. The molecule has 0 spiro atoms. The minimum atomic E-state index is -4.86. The molecule has 20 heteroatoms. The second-order valence-electron chi connectivity index (χ2n) is 15.9. The second-order valence-corrected chi connectivity index (χ2v) is 16.2. The molecule has 2 aromatic rings. The number of thiocarbonyl (C=S) groups is 1. The van der Waals surface area contributed by atoms with Gasteiger partial charge >= 0.3 is 12.4 Å². The van der Waals surface area contributed by atoms with Crippen molar-refractivity contribution in [3.63, 3.8) is 0 Å². The van der Waals surface area contributed by atoms with Crippen molar-refractivity contribution in [1.82, 2.24) is 25.0 Å². The SMILES string of the molecule is CC1(C)C(=O)N(c2cnc(C#N)c(C(F)(F)F)c2)C(=S)N1C1CCC(CCCN2CCN(CC(=O)Nc3ccc(C4CCC(=O)NC4=O)cc3)[C@@H](C(F)(F)F)C2)CC1.Cl. The van der Waals surface area contributed by atoms with E-state index in [0.29, 0.717) is 55.9 Å². The highest BCUT2D eigenvalue weighted by Crippen LogP contribution is 2.41. The summed E-state index contributed by atoms with van der Waals surface area (Å²) in [6.45, 7) is 3.48. The van der Waals surface area contributed by atoms with Crippen LogP contribution in [0.1, 0.15) is 88.0 Å². The summed E-state index contributed by atoms with van der Waals surface area (Å²) in [5.74, 6) is -2.03. The molecule has 3 saturated heterocycles. The molecule has 59 heavy (non-hydrogen) atoms. The molecule has 1 aliphatic carbocycles. The van der Waals surface area contributed by atoms with Crippen LogP contribution in [0, 0.1) is 17.2 Å². The number of alkyl halides is 6. The van der Waals surface area contributed by atoms with Crippen molar-refractivity contribution in [2.24, 2.45) is 5.92 Å². The van der Waals surface area contributed by atoms with E-state index in [-0.39, 0.29) is 54.7 Å². The van der Waals surface area contributed by atoms with Crippen molar-refractivity contribution in [2.75, 3.05) is 42.9 Å². The minimum absolute atomic E-state index is 0. The average Bonchev–Trinajstić information content (AvgIpc) is 3.33. The van der Waals surface area contributed by atoms with Gasteiger partial charge in [0.05, 0.1) is 29.9 Å². The molecular formula is C39H45ClF6N8O4S. The van der Waals surface area contributed by atoms with Crippen molar-refractivity contribution in [3.8, 4) is 6.07 Å². The molecule has 320 valence electrons. The molecule has 1 aromatic heterocycles. The Kier molecular flexibility index (Phi) is 14.0. The number of aromatic nitrogens is 1. The largest absolute Gasteiger partial charge is 0.419 e. The third-order valence-electron chi connectivity index (χ3n) is 11.7. The zero-order valence-electron chi connectivity index (χ0n) is 32.4. The summed E-state index contributed by atoms with van der Waals surface area (Å²) in [6.07, 6.45) is -3.47. The van der Waals surface area contributed by atoms with E-state index in [1.54, 1.807) is 47.9 Å². The number of amides is 4. The van der Waals surface area contributed by atoms with Gasteiger partial charge in [-0.1, -0.05) is 12.1 Å². The Hall–Kier alpha value is -4.38. The Morgan fingerprint density at radius 3 is 2.32 bits per heavy atom. The first-order chi connectivity index (χ1) is 27.3. The molecule has 6 rings (SSSR count). The number of pyridine rings is 1. The van der Waals surface area contributed by atoms with Gasteiger partial charge in [0.15, 0.2) is 10.8 Å². The number of halogens is 7. The van der Waals surface area contributed by atoms with Crippen molar-refractivity contribution in [1.29, 1.82) is 5.26 Å². The predicted octanol–water partition coefficient (Wildman–Crippen LogP) is 6.15. The molecule has 0 bridgehead atoms. The van der Waals surface area contributed by atoms with E-state index in [4.69, 9.17) is 17.5 Å². The number of nitrogens with zero attached hydrogens (tertiary/aromatic N) is 6. The topological polar surface area (TPSA) is 142 Å². The van der Waals surface area contributed by atoms with E-state index < -0.39 is 65.4 Å². The first-order valence-electron chi connectivity index (χ1n) is 19.2. The first-order valence-corrected chi connectivity index (χ1v) is 19.6. The van der Waals surface area contributed by atoms with Crippen LogP contribution in [0.2, 0.25) is 0 Å². The normalized spacial score (nSPS) is 24.4. The number of rotatable bonds is 10. The summed E-state index contributed by atoms with van der Waals surface area (Å²) in [6, 6.07) is 6.62. The van der Waals surface area contributed by atoms with Crippen LogP contribution in [0.3, 0.4) is 0 Å². The predicted molar refractivity (Wildman–Crippen MR) is 210 cm³/mol. The fraction of sp³-hybridized carbons (Fsp3) is 0.564. The highest BCUT2D eigenvalue weighted by atomic mass is 35.5. The van der Waals surface area contributed by atoms with E-state index in [0.717, 1.165) is 41.3 Å². The second kappa shape index (κ2) is 18.1. The number of hydrogen-bond donors (Lipinski definition) is 2. The van der Waals surface area contributed by atoms with Gasteiger partial charge in [0.25, 0.3) is 5.91 Å². The van der Waals surface area contributed by atoms with Crippen molar-refractivity contribution in [2.45, 2.75) is 101 Å². The molecule has 1 aromatic carbocycles. The lowest BCUT2D eigenvalue weighted by Gasteiger charge is -2.42. The summed E-state index contributed by atoms with van der Waals surface area (Å²) < 4.78 is 83.8. The summed E-state index contributed by atoms with van der Waals surface area (Å²) in [4.78, 5) is 59.5. The number of anilines is 2. The summed E-state index contributed by atoms with van der Waals surface area (Å²) in [5, 5.41) is 14.1. The fourth-order valence-electron chi connectivity index (χ4n) is 8.60. The molecular weight excluding hydrogens is 826 g/mol. The van der Waals surface area contributed by atoms with Gasteiger partial charge in [-0.3, -0.25) is 34.3 Å².